The summed E-state index contributed by atoms with van der Waals surface area (Å²) < 4.78 is 0. The van der Waals surface area contributed by atoms with E-state index >= 15 is 0 Å². The first-order valence-corrected chi connectivity index (χ1v) is 3.97. The predicted octanol–water partition coefficient (Wildman–Crippen LogP) is 1.49. The summed E-state index contributed by atoms with van der Waals surface area (Å²) in [4.78, 5) is 2.15. The van der Waals surface area contributed by atoms with E-state index in [2.05, 4.69) is 32.8 Å². The summed E-state index contributed by atoms with van der Waals surface area (Å²) >= 11 is 0. The van der Waals surface area contributed by atoms with Crippen LogP contribution in [0.3, 0.4) is 0 Å². The fraction of sp³-hybridized carbons (Fsp3) is 1.00. The Bertz CT molecular complexity index is 90.1. The fourth-order valence-corrected chi connectivity index (χ4v) is 1.10. The van der Waals surface area contributed by atoms with E-state index in [1.165, 1.54) is 0 Å². The van der Waals surface area contributed by atoms with Gasteiger partial charge in [-0.3, -0.25) is 0 Å². The molecule has 0 atom stereocenters. The van der Waals surface area contributed by atoms with E-state index < -0.39 is 0 Å². The molecule has 0 aliphatic heterocycles. The molecule has 0 aromatic carbocycles. The van der Waals surface area contributed by atoms with Gasteiger partial charge in [0, 0.05) is 12.1 Å². The fourth-order valence-electron chi connectivity index (χ4n) is 1.10. The standard InChI is InChI=1S/C8H20N2.ClH/c1-5-8(9,6-2)7-10(3)4;/h5-7,9H2,1-4H3;1H. The number of rotatable bonds is 4. The molecule has 0 aliphatic rings. The van der Waals surface area contributed by atoms with Gasteiger partial charge in [-0.05, 0) is 26.9 Å². The van der Waals surface area contributed by atoms with Gasteiger partial charge in [0.15, 0.2) is 0 Å². The molecule has 0 bridgehead atoms. The van der Waals surface area contributed by atoms with Crippen LogP contribution in [0, 0.1) is 0 Å². The van der Waals surface area contributed by atoms with Crippen LogP contribution < -0.4 is 5.73 Å². The Balaban J connectivity index is 0. The zero-order valence-electron chi connectivity index (χ0n) is 8.05. The van der Waals surface area contributed by atoms with Gasteiger partial charge in [0.25, 0.3) is 0 Å². The molecule has 0 unspecified atom stereocenters. The van der Waals surface area contributed by atoms with Crippen LogP contribution in [0.1, 0.15) is 26.7 Å². The molecule has 11 heavy (non-hydrogen) atoms. The Morgan fingerprint density at radius 2 is 1.55 bits per heavy atom. The smallest absolute Gasteiger partial charge is 0.0277 e. The summed E-state index contributed by atoms with van der Waals surface area (Å²) in [5.41, 5.74) is 6.09. The van der Waals surface area contributed by atoms with E-state index in [-0.39, 0.29) is 17.9 Å². The van der Waals surface area contributed by atoms with E-state index in [4.69, 9.17) is 5.73 Å². The van der Waals surface area contributed by atoms with Crippen molar-refractivity contribution in [1.29, 1.82) is 0 Å². The minimum atomic E-state index is 0. The zero-order chi connectivity index (χ0) is 8.20. The van der Waals surface area contributed by atoms with Crippen LogP contribution in [0.15, 0.2) is 0 Å². The molecule has 0 saturated heterocycles. The number of nitrogens with zero attached hydrogens (tertiary/aromatic N) is 1. The largest absolute Gasteiger partial charge is 0.324 e. The third-order valence-corrected chi connectivity index (χ3v) is 2.04. The molecule has 0 aromatic rings. The lowest BCUT2D eigenvalue weighted by Gasteiger charge is -2.29. The molecule has 3 heteroatoms. The first kappa shape index (κ1) is 13.8. The monoisotopic (exact) mass is 180 g/mol. The maximum Gasteiger partial charge on any atom is 0.0277 e. The van der Waals surface area contributed by atoms with Crippen LogP contribution in [0.25, 0.3) is 0 Å². The van der Waals surface area contributed by atoms with E-state index in [1.807, 2.05) is 0 Å². The second-order valence-electron chi connectivity index (χ2n) is 3.31. The lowest BCUT2D eigenvalue weighted by atomic mass is 9.94. The molecule has 0 fully saturated rings. The summed E-state index contributed by atoms with van der Waals surface area (Å²) in [5.74, 6) is 0. The van der Waals surface area contributed by atoms with Crippen molar-refractivity contribution in [2.45, 2.75) is 32.2 Å². The Morgan fingerprint density at radius 3 is 1.64 bits per heavy atom. The lowest BCUT2D eigenvalue weighted by Crippen LogP contribution is -2.47. The SMILES string of the molecule is CCC(N)(CC)CN(C)C.Cl. The first-order chi connectivity index (χ1) is 4.54. The summed E-state index contributed by atoms with van der Waals surface area (Å²) in [6, 6.07) is 0. The highest BCUT2D eigenvalue weighted by molar-refractivity contribution is 5.85. The Labute approximate surface area is 76.5 Å². The van der Waals surface area contributed by atoms with Crippen molar-refractivity contribution in [2.75, 3.05) is 20.6 Å². The predicted molar refractivity (Wildman–Crippen MR) is 53.3 cm³/mol. The van der Waals surface area contributed by atoms with Crippen LogP contribution in [-0.2, 0) is 0 Å². The quantitative estimate of drug-likeness (QED) is 0.711. The van der Waals surface area contributed by atoms with Gasteiger partial charge in [-0.2, -0.15) is 0 Å². The first-order valence-electron chi connectivity index (χ1n) is 3.97. The number of nitrogens with two attached hydrogens (primary N) is 1. The second kappa shape index (κ2) is 5.81. The molecule has 0 radical (unpaired) electrons. The van der Waals surface area contributed by atoms with E-state index in [1.54, 1.807) is 0 Å². The molecule has 0 saturated carbocycles. The summed E-state index contributed by atoms with van der Waals surface area (Å²) in [7, 11) is 4.12. The molecule has 0 aliphatic carbocycles. The normalized spacial score (nSPS) is 11.5. The van der Waals surface area contributed by atoms with Crippen molar-refractivity contribution in [2.24, 2.45) is 5.73 Å². The highest BCUT2D eigenvalue weighted by atomic mass is 35.5. The minimum absolute atomic E-state index is 0. The molecule has 70 valence electrons. The zero-order valence-corrected chi connectivity index (χ0v) is 8.87. The van der Waals surface area contributed by atoms with Crippen LogP contribution in [0.4, 0.5) is 0 Å². The molecule has 0 aromatic heterocycles. The summed E-state index contributed by atoms with van der Waals surface area (Å²) in [6.45, 7) is 5.28. The third kappa shape index (κ3) is 5.48. The van der Waals surface area contributed by atoms with E-state index in [9.17, 15) is 0 Å². The van der Waals surface area contributed by atoms with Crippen molar-refractivity contribution in [1.82, 2.24) is 4.90 Å². The number of likely N-dealkylation sites (N-methyl/N-ethyl adjacent to an activating group) is 1. The second-order valence-corrected chi connectivity index (χ2v) is 3.31. The maximum atomic E-state index is 6.06. The van der Waals surface area contributed by atoms with E-state index in [0.717, 1.165) is 19.4 Å². The van der Waals surface area contributed by atoms with Gasteiger partial charge < -0.3 is 10.6 Å². The van der Waals surface area contributed by atoms with Gasteiger partial charge in [0.2, 0.25) is 0 Å². The molecule has 0 amide bonds. The molecule has 0 heterocycles. The maximum absolute atomic E-state index is 6.06. The minimum Gasteiger partial charge on any atom is -0.324 e. The lowest BCUT2D eigenvalue weighted by molar-refractivity contribution is 0.268. The molecule has 0 spiro atoms. The Kier molecular flexibility index (Phi) is 7.28. The van der Waals surface area contributed by atoms with Crippen LogP contribution in [0.2, 0.25) is 0 Å². The number of halogens is 1. The van der Waals surface area contributed by atoms with Crippen LogP contribution in [0.5, 0.6) is 0 Å². The van der Waals surface area contributed by atoms with Crippen LogP contribution >= 0.6 is 12.4 Å². The Hall–Kier alpha value is 0.210. The van der Waals surface area contributed by atoms with Gasteiger partial charge in [0.1, 0.15) is 0 Å². The van der Waals surface area contributed by atoms with Crippen molar-refractivity contribution < 1.29 is 0 Å². The summed E-state index contributed by atoms with van der Waals surface area (Å²) in [5, 5.41) is 0. The molecular formula is C8H21ClN2. The topological polar surface area (TPSA) is 29.3 Å². The van der Waals surface area contributed by atoms with Gasteiger partial charge in [-0.1, -0.05) is 13.8 Å². The highest BCUT2D eigenvalue weighted by Gasteiger charge is 2.20. The molecular weight excluding hydrogens is 160 g/mol. The number of hydrogen-bond donors (Lipinski definition) is 1. The van der Waals surface area contributed by atoms with Crippen molar-refractivity contribution in [3.63, 3.8) is 0 Å². The van der Waals surface area contributed by atoms with Gasteiger partial charge in [-0.25, -0.2) is 0 Å². The molecule has 2 nitrogen and oxygen atoms in total. The Morgan fingerprint density at radius 1 is 1.18 bits per heavy atom. The highest BCUT2D eigenvalue weighted by Crippen LogP contribution is 2.11. The summed E-state index contributed by atoms with van der Waals surface area (Å²) in [6.07, 6.45) is 2.11. The van der Waals surface area contributed by atoms with Crippen molar-refractivity contribution in [3.05, 3.63) is 0 Å². The molecule has 2 N–H and O–H groups in total. The van der Waals surface area contributed by atoms with Gasteiger partial charge in [-0.15, -0.1) is 12.4 Å². The third-order valence-electron chi connectivity index (χ3n) is 2.04. The number of hydrogen-bond acceptors (Lipinski definition) is 2. The van der Waals surface area contributed by atoms with Crippen molar-refractivity contribution in [3.8, 4) is 0 Å². The van der Waals surface area contributed by atoms with Crippen LogP contribution in [-0.4, -0.2) is 31.1 Å². The average Bonchev–Trinajstić information content (AvgIpc) is 1.87. The van der Waals surface area contributed by atoms with Crippen molar-refractivity contribution >= 4 is 12.4 Å². The average molecular weight is 181 g/mol. The van der Waals surface area contributed by atoms with Gasteiger partial charge in [0.05, 0.1) is 0 Å². The van der Waals surface area contributed by atoms with Gasteiger partial charge >= 0.3 is 0 Å². The van der Waals surface area contributed by atoms with E-state index in [0.29, 0.717) is 0 Å². The molecule has 0 rings (SSSR count).